The minimum absolute atomic E-state index is 0.496. The van der Waals surface area contributed by atoms with Gasteiger partial charge in [-0.3, -0.25) is 0 Å². The first kappa shape index (κ1) is 12.5. The Morgan fingerprint density at radius 2 is 2.38 bits per heavy atom. The number of nitrogen functional groups attached to an aromatic ring is 1. The van der Waals surface area contributed by atoms with Crippen LogP contribution in [0.1, 0.15) is 19.5 Å². The number of nitrogens with zero attached hydrogens (tertiary/aromatic N) is 3. The molecule has 0 unspecified atom stereocenters. The Balaban J connectivity index is 2.68. The van der Waals surface area contributed by atoms with Gasteiger partial charge in [0.2, 0.25) is 0 Å². The number of hydrogen-bond acceptors (Lipinski definition) is 5. The molecule has 0 aliphatic rings. The van der Waals surface area contributed by atoms with Crippen molar-refractivity contribution in [2.75, 3.05) is 11.5 Å². The second-order valence-corrected chi connectivity index (χ2v) is 4.22. The van der Waals surface area contributed by atoms with Gasteiger partial charge in [0, 0.05) is 23.1 Å². The van der Waals surface area contributed by atoms with Crippen LogP contribution in [0.4, 0.5) is 5.82 Å². The normalized spacial score (nSPS) is 11.2. The Kier molecular flexibility index (Phi) is 4.80. The molecule has 1 aromatic heterocycles. The largest absolute Gasteiger partial charge is 0.384 e. The first-order valence-corrected chi connectivity index (χ1v) is 5.97. The third-order valence-corrected chi connectivity index (χ3v) is 2.69. The van der Waals surface area contributed by atoms with Gasteiger partial charge in [0.25, 0.3) is 0 Å². The molecule has 0 radical (unpaired) electrons. The molecule has 0 spiro atoms. The van der Waals surface area contributed by atoms with Crippen LogP contribution in [-0.4, -0.2) is 15.7 Å². The van der Waals surface area contributed by atoms with Crippen molar-refractivity contribution >= 4 is 17.6 Å². The maximum absolute atomic E-state index is 8.58. The van der Waals surface area contributed by atoms with E-state index >= 15 is 0 Å². The number of rotatable bonds is 4. The Hall–Kier alpha value is -1.54. The van der Waals surface area contributed by atoms with Crippen LogP contribution in [0.3, 0.4) is 0 Å². The lowest BCUT2D eigenvalue weighted by Gasteiger charge is -2.02. The Bertz CT molecular complexity index is 434. The van der Waals surface area contributed by atoms with E-state index in [0.717, 1.165) is 12.1 Å². The van der Waals surface area contributed by atoms with Gasteiger partial charge in [-0.15, -0.1) is 0 Å². The molecule has 2 N–H and O–H groups in total. The Morgan fingerprint density at radius 3 is 3.00 bits per heavy atom. The fraction of sp³-hybridized carbons (Fsp3) is 0.364. The third kappa shape index (κ3) is 3.91. The zero-order chi connectivity index (χ0) is 12.0. The van der Waals surface area contributed by atoms with Gasteiger partial charge in [0.15, 0.2) is 5.16 Å². The summed E-state index contributed by atoms with van der Waals surface area (Å²) in [6, 6.07) is 3.85. The minimum atomic E-state index is 0.496. The predicted octanol–water partition coefficient (Wildman–Crippen LogP) is 2.18. The highest BCUT2D eigenvalue weighted by Gasteiger charge is 2.01. The number of hydrogen-bond donors (Lipinski definition) is 1. The van der Waals surface area contributed by atoms with Gasteiger partial charge in [-0.25, -0.2) is 9.97 Å². The number of anilines is 1. The van der Waals surface area contributed by atoms with E-state index in [1.165, 1.54) is 11.8 Å². The number of allylic oxidation sites excluding steroid dienone is 1. The molecule has 0 amide bonds. The van der Waals surface area contributed by atoms with Crippen LogP contribution in [0.15, 0.2) is 22.9 Å². The van der Waals surface area contributed by atoms with Gasteiger partial charge >= 0.3 is 0 Å². The molecule has 0 bridgehead atoms. The first-order valence-electron chi connectivity index (χ1n) is 4.98. The van der Waals surface area contributed by atoms with Crippen molar-refractivity contribution in [1.29, 1.82) is 5.26 Å². The van der Waals surface area contributed by atoms with Crippen molar-refractivity contribution in [1.82, 2.24) is 9.97 Å². The third-order valence-electron chi connectivity index (χ3n) is 1.92. The second kappa shape index (κ2) is 6.13. The SMILES string of the molecule is CCc1cc(N)nc(SCC=C(C)C#N)n1. The Labute approximate surface area is 99.6 Å². The van der Waals surface area contributed by atoms with E-state index in [4.69, 9.17) is 11.0 Å². The van der Waals surface area contributed by atoms with E-state index in [2.05, 4.69) is 16.0 Å². The molecule has 1 heterocycles. The molecule has 0 saturated heterocycles. The van der Waals surface area contributed by atoms with Gasteiger partial charge in [-0.1, -0.05) is 24.8 Å². The van der Waals surface area contributed by atoms with E-state index in [-0.39, 0.29) is 0 Å². The average molecular weight is 234 g/mol. The van der Waals surface area contributed by atoms with E-state index in [1.807, 2.05) is 13.0 Å². The van der Waals surface area contributed by atoms with Gasteiger partial charge in [0.05, 0.1) is 6.07 Å². The van der Waals surface area contributed by atoms with Crippen LogP contribution in [0.5, 0.6) is 0 Å². The fourth-order valence-electron chi connectivity index (χ4n) is 1.03. The van der Waals surface area contributed by atoms with Crippen molar-refractivity contribution in [3.8, 4) is 6.07 Å². The summed E-state index contributed by atoms with van der Waals surface area (Å²) in [7, 11) is 0. The first-order chi connectivity index (χ1) is 7.65. The van der Waals surface area contributed by atoms with Crippen molar-refractivity contribution in [3.05, 3.63) is 23.4 Å². The van der Waals surface area contributed by atoms with E-state index in [0.29, 0.717) is 22.3 Å². The van der Waals surface area contributed by atoms with Gasteiger partial charge < -0.3 is 5.73 Å². The molecule has 4 nitrogen and oxygen atoms in total. The zero-order valence-corrected chi connectivity index (χ0v) is 10.2. The monoisotopic (exact) mass is 234 g/mol. The predicted molar refractivity (Wildman–Crippen MR) is 65.9 cm³/mol. The highest BCUT2D eigenvalue weighted by molar-refractivity contribution is 7.99. The Morgan fingerprint density at radius 1 is 1.62 bits per heavy atom. The standard InChI is InChI=1S/C11H14N4S/c1-3-9-6-10(13)15-11(14-9)16-5-4-8(2)7-12/h4,6H,3,5H2,1-2H3,(H2,13,14,15). The lowest BCUT2D eigenvalue weighted by molar-refractivity contribution is 0.897. The number of aryl methyl sites for hydroxylation is 1. The molecule has 84 valence electrons. The van der Waals surface area contributed by atoms with Gasteiger partial charge in [-0.2, -0.15) is 5.26 Å². The highest BCUT2D eigenvalue weighted by atomic mass is 32.2. The van der Waals surface area contributed by atoms with Crippen molar-refractivity contribution in [3.63, 3.8) is 0 Å². The average Bonchev–Trinajstić information content (AvgIpc) is 2.28. The highest BCUT2D eigenvalue weighted by Crippen LogP contribution is 2.16. The summed E-state index contributed by atoms with van der Waals surface area (Å²) >= 11 is 1.48. The lowest BCUT2D eigenvalue weighted by atomic mass is 10.3. The minimum Gasteiger partial charge on any atom is -0.384 e. The summed E-state index contributed by atoms with van der Waals surface area (Å²) in [6.45, 7) is 3.80. The van der Waals surface area contributed by atoms with E-state index in [1.54, 1.807) is 13.0 Å². The van der Waals surface area contributed by atoms with Crippen LogP contribution in [0, 0.1) is 11.3 Å². The van der Waals surface area contributed by atoms with Crippen LogP contribution >= 0.6 is 11.8 Å². The lowest BCUT2D eigenvalue weighted by Crippen LogP contribution is -1.98. The molecule has 0 aliphatic carbocycles. The maximum Gasteiger partial charge on any atom is 0.190 e. The van der Waals surface area contributed by atoms with E-state index < -0.39 is 0 Å². The maximum atomic E-state index is 8.58. The number of thioether (sulfide) groups is 1. The molecular weight excluding hydrogens is 220 g/mol. The summed E-state index contributed by atoms with van der Waals surface area (Å²) in [6.07, 6.45) is 2.69. The van der Waals surface area contributed by atoms with Crippen molar-refractivity contribution < 1.29 is 0 Å². The van der Waals surface area contributed by atoms with Gasteiger partial charge in [0.1, 0.15) is 5.82 Å². The van der Waals surface area contributed by atoms with Crippen molar-refractivity contribution in [2.45, 2.75) is 25.4 Å². The summed E-state index contributed by atoms with van der Waals surface area (Å²) in [4.78, 5) is 8.46. The summed E-state index contributed by atoms with van der Waals surface area (Å²) < 4.78 is 0. The summed E-state index contributed by atoms with van der Waals surface area (Å²) in [5.74, 6) is 1.18. The quantitative estimate of drug-likeness (QED) is 0.491. The second-order valence-electron chi connectivity index (χ2n) is 3.23. The molecule has 0 atom stereocenters. The van der Waals surface area contributed by atoms with Gasteiger partial charge in [-0.05, 0) is 13.3 Å². The molecule has 0 aromatic carbocycles. The van der Waals surface area contributed by atoms with Crippen molar-refractivity contribution in [2.24, 2.45) is 0 Å². The molecule has 0 aliphatic heterocycles. The fourth-order valence-corrected chi connectivity index (χ4v) is 1.86. The molecule has 5 heteroatoms. The molecule has 16 heavy (non-hydrogen) atoms. The molecule has 1 rings (SSSR count). The molecule has 0 saturated carbocycles. The number of nitrogens with two attached hydrogens (primary N) is 1. The summed E-state index contributed by atoms with van der Waals surface area (Å²) in [5, 5.41) is 9.25. The van der Waals surface area contributed by atoms with E-state index in [9.17, 15) is 0 Å². The van der Waals surface area contributed by atoms with Crippen LogP contribution < -0.4 is 5.73 Å². The zero-order valence-electron chi connectivity index (χ0n) is 9.40. The smallest absolute Gasteiger partial charge is 0.190 e. The van der Waals surface area contributed by atoms with Crippen LogP contribution in [0.25, 0.3) is 0 Å². The van der Waals surface area contributed by atoms with Crippen LogP contribution in [0.2, 0.25) is 0 Å². The number of nitriles is 1. The van der Waals surface area contributed by atoms with Crippen LogP contribution in [-0.2, 0) is 6.42 Å². The molecular formula is C11H14N4S. The number of aromatic nitrogens is 2. The molecule has 1 aromatic rings. The topological polar surface area (TPSA) is 75.6 Å². The molecule has 0 fully saturated rings. The summed E-state index contributed by atoms with van der Waals surface area (Å²) in [5.41, 5.74) is 7.30.